The van der Waals surface area contributed by atoms with E-state index in [0.717, 1.165) is 33.3 Å². The maximum atomic E-state index is 13.3. The van der Waals surface area contributed by atoms with E-state index in [1.54, 1.807) is 55.0 Å². The highest BCUT2D eigenvalue weighted by molar-refractivity contribution is 5.90. The van der Waals surface area contributed by atoms with E-state index < -0.39 is 47.2 Å². The number of nitrogens with zero attached hydrogens (tertiary/aromatic N) is 3. The lowest BCUT2D eigenvalue weighted by Gasteiger charge is -2.24. The SMILES string of the molecule is COC(=O)[C@H](Cc1c(-n2cnc(C[C@@H](COC(=O)C(C)(C)C)NC(=O)OC(C)(C)C)c2)n(Cc2ccc(OC)cc2)c2ccccc12)NC(=O)OCc1ccccc1. The molecule has 0 spiro atoms. The molecule has 5 rings (SSSR count). The molecule has 2 amide bonds. The number of methoxy groups -OCH3 is 2. The van der Waals surface area contributed by atoms with Gasteiger partial charge in [-0.25, -0.2) is 19.4 Å². The molecule has 0 aliphatic rings. The van der Waals surface area contributed by atoms with E-state index >= 15 is 0 Å². The molecule has 0 aliphatic carbocycles. The molecule has 2 heterocycles. The predicted molar refractivity (Wildman–Crippen MR) is 218 cm³/mol. The van der Waals surface area contributed by atoms with E-state index in [1.165, 1.54) is 7.11 Å². The van der Waals surface area contributed by atoms with Crippen molar-refractivity contribution in [2.24, 2.45) is 5.41 Å². The summed E-state index contributed by atoms with van der Waals surface area (Å²) in [6, 6.07) is 23.0. The summed E-state index contributed by atoms with van der Waals surface area (Å²) in [4.78, 5) is 56.8. The fourth-order valence-electron chi connectivity index (χ4n) is 6.23. The van der Waals surface area contributed by atoms with Crippen molar-refractivity contribution in [2.75, 3.05) is 20.8 Å². The van der Waals surface area contributed by atoms with Crippen LogP contribution < -0.4 is 15.4 Å². The van der Waals surface area contributed by atoms with Crippen LogP contribution >= 0.6 is 0 Å². The Morgan fingerprint density at radius 2 is 1.47 bits per heavy atom. The molecule has 0 bridgehead atoms. The van der Waals surface area contributed by atoms with Gasteiger partial charge in [0.25, 0.3) is 0 Å². The number of carbonyl (C=O) groups is 4. The summed E-state index contributed by atoms with van der Waals surface area (Å²) in [5.41, 5.74) is 2.45. The molecular weight excluding hydrogens is 743 g/mol. The average Bonchev–Trinajstić information content (AvgIpc) is 3.76. The molecular formula is C44H53N5O9. The number of nitrogens with one attached hydrogen (secondary N) is 2. The number of ether oxygens (including phenoxy) is 5. The second kappa shape index (κ2) is 18.8. The van der Waals surface area contributed by atoms with E-state index in [4.69, 9.17) is 28.7 Å². The molecule has 308 valence electrons. The number of alkyl carbamates (subject to hydrolysis) is 2. The summed E-state index contributed by atoms with van der Waals surface area (Å²) in [6.45, 7) is 10.9. The molecule has 58 heavy (non-hydrogen) atoms. The first kappa shape index (κ1) is 42.8. The zero-order valence-corrected chi connectivity index (χ0v) is 34.4. The number of rotatable bonds is 15. The summed E-state index contributed by atoms with van der Waals surface area (Å²) in [5.74, 6) is 0.330. The van der Waals surface area contributed by atoms with Gasteiger partial charge >= 0.3 is 24.1 Å². The van der Waals surface area contributed by atoms with Crippen LogP contribution in [0, 0.1) is 5.41 Å². The van der Waals surface area contributed by atoms with Crippen LogP contribution in [0.15, 0.2) is 91.4 Å². The average molecular weight is 796 g/mol. The van der Waals surface area contributed by atoms with Gasteiger partial charge in [0, 0.05) is 36.5 Å². The number of amides is 2. The molecule has 0 unspecified atom stereocenters. The third kappa shape index (κ3) is 11.6. The zero-order valence-electron chi connectivity index (χ0n) is 34.4. The number of hydrogen-bond donors (Lipinski definition) is 2. The topological polar surface area (TPSA) is 161 Å². The molecule has 5 aromatic rings. The standard InChI is InChI=1S/C44H53N5O9/c1-43(2,3)40(51)56-27-32(46-42(53)58-44(4,5)6)22-31-25-48(28-45-31)38-35(23-36(39(50)55-8)47-41(52)57-26-30-14-10-9-11-15-30)34-16-12-13-17-37(34)49(38)24-29-18-20-33(54-7)21-19-29/h9-21,25,28,32,36H,22-24,26-27H2,1-8H3,(H,46,53)(H,47,52)/t32-,36-/m0/s1. The van der Waals surface area contributed by atoms with Crippen molar-refractivity contribution in [3.8, 4) is 11.6 Å². The van der Waals surface area contributed by atoms with Crippen LogP contribution in [0.4, 0.5) is 9.59 Å². The Labute approximate surface area is 338 Å². The maximum Gasteiger partial charge on any atom is 0.408 e. The minimum absolute atomic E-state index is 0.0178. The Balaban J connectivity index is 1.54. The molecule has 0 radical (unpaired) electrons. The van der Waals surface area contributed by atoms with Gasteiger partial charge in [-0.3, -0.25) is 9.36 Å². The molecule has 2 aromatic heterocycles. The van der Waals surface area contributed by atoms with Crippen molar-refractivity contribution in [1.29, 1.82) is 0 Å². The van der Waals surface area contributed by atoms with Gasteiger partial charge in [-0.15, -0.1) is 0 Å². The molecule has 0 saturated carbocycles. The third-order valence-electron chi connectivity index (χ3n) is 9.03. The number of imidazole rings is 1. The van der Waals surface area contributed by atoms with Gasteiger partial charge in [-0.2, -0.15) is 0 Å². The van der Waals surface area contributed by atoms with Crippen LogP contribution in [0.1, 0.15) is 63.9 Å². The molecule has 0 fully saturated rings. The lowest BCUT2D eigenvalue weighted by molar-refractivity contribution is -0.153. The lowest BCUT2D eigenvalue weighted by Crippen LogP contribution is -2.43. The smallest absolute Gasteiger partial charge is 0.408 e. The van der Waals surface area contributed by atoms with Crippen LogP contribution in [0.25, 0.3) is 16.7 Å². The Kier molecular flexibility index (Phi) is 13.8. The van der Waals surface area contributed by atoms with E-state index in [-0.39, 0.29) is 26.1 Å². The van der Waals surface area contributed by atoms with E-state index in [0.29, 0.717) is 18.1 Å². The maximum absolute atomic E-state index is 13.3. The van der Waals surface area contributed by atoms with Crippen molar-refractivity contribution >= 4 is 35.0 Å². The summed E-state index contributed by atoms with van der Waals surface area (Å²) < 4.78 is 31.2. The highest BCUT2D eigenvalue weighted by Crippen LogP contribution is 2.32. The van der Waals surface area contributed by atoms with Crippen molar-refractivity contribution in [3.63, 3.8) is 0 Å². The monoisotopic (exact) mass is 795 g/mol. The number of esters is 2. The van der Waals surface area contributed by atoms with Gasteiger partial charge in [-0.1, -0.05) is 60.7 Å². The van der Waals surface area contributed by atoms with Gasteiger partial charge in [0.1, 0.15) is 42.8 Å². The number of fused-ring (bicyclic) bond motifs is 1. The van der Waals surface area contributed by atoms with Gasteiger partial charge in [0.15, 0.2) is 0 Å². The Morgan fingerprint density at radius 1 is 0.776 bits per heavy atom. The van der Waals surface area contributed by atoms with Gasteiger partial charge in [-0.05, 0) is 70.9 Å². The van der Waals surface area contributed by atoms with Crippen LogP contribution in [-0.2, 0) is 54.5 Å². The first-order valence-corrected chi connectivity index (χ1v) is 19.0. The van der Waals surface area contributed by atoms with E-state index in [9.17, 15) is 19.2 Å². The Hall–Kier alpha value is -6.31. The summed E-state index contributed by atoms with van der Waals surface area (Å²) in [7, 11) is 2.88. The first-order chi connectivity index (χ1) is 27.5. The second-order valence-corrected chi connectivity index (χ2v) is 15.9. The molecule has 14 heteroatoms. The minimum Gasteiger partial charge on any atom is -0.497 e. The quantitative estimate of drug-likeness (QED) is 0.0841. The number of benzene rings is 3. The first-order valence-electron chi connectivity index (χ1n) is 19.0. The van der Waals surface area contributed by atoms with Crippen molar-refractivity contribution in [3.05, 3.63) is 114 Å². The third-order valence-corrected chi connectivity index (χ3v) is 9.03. The number of para-hydroxylation sites is 1. The lowest BCUT2D eigenvalue weighted by atomic mass is 9.97. The van der Waals surface area contributed by atoms with Crippen LogP contribution in [0.3, 0.4) is 0 Å². The summed E-state index contributed by atoms with van der Waals surface area (Å²) >= 11 is 0. The van der Waals surface area contributed by atoms with Crippen molar-refractivity contribution < 1.29 is 42.9 Å². The normalized spacial score (nSPS) is 12.6. The van der Waals surface area contributed by atoms with E-state index in [1.807, 2.05) is 89.6 Å². The van der Waals surface area contributed by atoms with Gasteiger partial charge in [0.05, 0.1) is 36.9 Å². The number of hydrogen-bond acceptors (Lipinski definition) is 10. The van der Waals surface area contributed by atoms with Crippen molar-refractivity contribution in [1.82, 2.24) is 24.8 Å². The van der Waals surface area contributed by atoms with Gasteiger partial charge in [0.2, 0.25) is 0 Å². The van der Waals surface area contributed by atoms with Crippen LogP contribution in [0.5, 0.6) is 5.75 Å². The zero-order chi connectivity index (χ0) is 42.0. The molecule has 14 nitrogen and oxygen atoms in total. The van der Waals surface area contributed by atoms with Crippen LogP contribution in [0.2, 0.25) is 0 Å². The molecule has 2 atom stereocenters. The second-order valence-electron chi connectivity index (χ2n) is 15.9. The summed E-state index contributed by atoms with van der Waals surface area (Å²) in [5, 5.41) is 6.41. The summed E-state index contributed by atoms with van der Waals surface area (Å²) in [6.07, 6.45) is 2.27. The molecule has 0 aliphatic heterocycles. The molecule has 0 saturated heterocycles. The van der Waals surface area contributed by atoms with Gasteiger partial charge < -0.3 is 38.9 Å². The predicted octanol–water partition coefficient (Wildman–Crippen LogP) is 6.92. The highest BCUT2D eigenvalue weighted by Gasteiger charge is 2.30. The minimum atomic E-state index is -1.12. The molecule has 3 aromatic carbocycles. The largest absolute Gasteiger partial charge is 0.497 e. The van der Waals surface area contributed by atoms with E-state index in [2.05, 4.69) is 15.2 Å². The Bertz CT molecular complexity index is 2180. The molecule has 2 N–H and O–H groups in total. The fourth-order valence-corrected chi connectivity index (χ4v) is 6.23. The highest BCUT2D eigenvalue weighted by atomic mass is 16.6. The number of carbonyl (C=O) groups excluding carboxylic acids is 4. The fraction of sp³-hybridized carbons (Fsp3) is 0.386. The Morgan fingerprint density at radius 3 is 2.12 bits per heavy atom. The van der Waals surface area contributed by atoms with Crippen LogP contribution in [-0.4, -0.2) is 76.8 Å². The van der Waals surface area contributed by atoms with Crippen molar-refractivity contribution in [2.45, 2.75) is 85.2 Å². The number of aromatic nitrogens is 3.